The third-order valence-corrected chi connectivity index (χ3v) is 7.45. The van der Waals surface area contributed by atoms with Crippen LogP contribution >= 0.6 is 11.3 Å². The van der Waals surface area contributed by atoms with Crippen LogP contribution in [0.2, 0.25) is 0 Å². The maximum atomic E-state index is 14.8. The molecule has 0 bridgehead atoms. The predicted octanol–water partition coefficient (Wildman–Crippen LogP) is 5.19. The van der Waals surface area contributed by atoms with Gasteiger partial charge in [0.05, 0.1) is 23.2 Å². The van der Waals surface area contributed by atoms with Gasteiger partial charge in [0, 0.05) is 44.0 Å². The van der Waals surface area contributed by atoms with Gasteiger partial charge in [0.1, 0.15) is 22.9 Å². The number of aromatic nitrogens is 4. The van der Waals surface area contributed by atoms with Crippen LogP contribution in [0.15, 0.2) is 17.5 Å². The van der Waals surface area contributed by atoms with Crippen molar-refractivity contribution in [3.8, 4) is 0 Å². The van der Waals surface area contributed by atoms with E-state index in [-0.39, 0.29) is 30.1 Å². The molecule has 14 heteroatoms. The van der Waals surface area contributed by atoms with Crippen molar-refractivity contribution in [1.29, 1.82) is 0 Å². The molecule has 5 rings (SSSR count). The molecular weight excluding hydrogens is 563 g/mol. The van der Waals surface area contributed by atoms with Gasteiger partial charge in [0.25, 0.3) is 0 Å². The molecule has 1 fully saturated rings. The van der Waals surface area contributed by atoms with Gasteiger partial charge in [-0.1, -0.05) is 0 Å². The molecule has 0 saturated carbocycles. The third kappa shape index (κ3) is 6.32. The van der Waals surface area contributed by atoms with Crippen LogP contribution in [-0.4, -0.2) is 77.4 Å². The first-order valence-electron chi connectivity index (χ1n) is 13.8. The zero-order valence-electron chi connectivity index (χ0n) is 24.5. The molecule has 0 atom stereocenters. The number of piperidine rings is 1. The number of anilines is 4. The molecule has 12 nitrogen and oxygen atoms in total. The minimum absolute atomic E-state index is 0.0524. The molecule has 1 aromatic carbocycles. The molecule has 1 amide bonds. The summed E-state index contributed by atoms with van der Waals surface area (Å²) in [5.41, 5.74) is 1.57. The number of aromatic amines is 1. The zero-order chi connectivity index (χ0) is 30.2. The lowest BCUT2D eigenvalue weighted by molar-refractivity contribution is 0.0493. The van der Waals surface area contributed by atoms with E-state index >= 15 is 0 Å². The van der Waals surface area contributed by atoms with Crippen molar-refractivity contribution in [3.63, 3.8) is 0 Å². The van der Waals surface area contributed by atoms with E-state index in [9.17, 15) is 14.0 Å². The Morgan fingerprint density at radius 3 is 2.60 bits per heavy atom. The van der Waals surface area contributed by atoms with Gasteiger partial charge in [-0.15, -0.1) is 11.3 Å². The fourth-order valence-corrected chi connectivity index (χ4v) is 5.57. The average Bonchev–Trinajstić information content (AvgIpc) is 3.52. The van der Waals surface area contributed by atoms with Gasteiger partial charge in [0.15, 0.2) is 10.8 Å². The summed E-state index contributed by atoms with van der Waals surface area (Å²) in [7, 11) is 3.71. The lowest BCUT2D eigenvalue weighted by atomic mass is 10.0. The van der Waals surface area contributed by atoms with Crippen LogP contribution in [0.25, 0.3) is 21.9 Å². The lowest BCUT2D eigenvalue weighted by Crippen LogP contribution is -2.46. The normalized spacial score (nSPS) is 14.3. The maximum Gasteiger partial charge on any atom is 0.407 e. The van der Waals surface area contributed by atoms with Crippen LogP contribution in [0.3, 0.4) is 0 Å². The molecule has 3 aromatic heterocycles. The summed E-state index contributed by atoms with van der Waals surface area (Å²) >= 11 is 1.23. The van der Waals surface area contributed by atoms with Gasteiger partial charge in [-0.3, -0.25) is 5.32 Å². The molecule has 1 saturated heterocycles. The van der Waals surface area contributed by atoms with Crippen LogP contribution in [0.4, 0.5) is 31.8 Å². The van der Waals surface area contributed by atoms with Crippen molar-refractivity contribution in [2.24, 2.45) is 0 Å². The number of esters is 1. The molecule has 3 N–H and O–H groups in total. The van der Waals surface area contributed by atoms with Crippen LogP contribution in [0.5, 0.6) is 0 Å². The highest BCUT2D eigenvalue weighted by molar-refractivity contribution is 7.14. The molecular formula is C28H35FN8O4S. The number of alkyl carbamates (subject to hydrolysis) is 1. The van der Waals surface area contributed by atoms with Crippen molar-refractivity contribution in [2.75, 3.05) is 48.9 Å². The standard InChI is InChI=1S/C28H35FN8O4S/c1-7-40-24(38)18-14-42-26(31-18)35-25-33-22-20(17-12-15(29)13-19(36(5)6)21(17)32-22)23(34-25)37-10-8-16(9-11-37)30-27(39)41-28(2,3)4/h12-14,16H,7-11H2,1-6H3,(H,30,39)(H2,31,32,33,34,35). The Kier molecular flexibility index (Phi) is 8.08. The van der Waals surface area contributed by atoms with Crippen molar-refractivity contribution in [1.82, 2.24) is 25.3 Å². The van der Waals surface area contributed by atoms with E-state index in [1.807, 2.05) is 39.8 Å². The Morgan fingerprint density at radius 1 is 1.19 bits per heavy atom. The Balaban J connectivity index is 1.49. The zero-order valence-corrected chi connectivity index (χ0v) is 25.3. The first kappa shape index (κ1) is 29.3. The van der Waals surface area contributed by atoms with E-state index in [0.29, 0.717) is 59.0 Å². The molecule has 0 spiro atoms. The van der Waals surface area contributed by atoms with E-state index in [1.165, 1.54) is 23.5 Å². The first-order chi connectivity index (χ1) is 19.9. The number of hydrogen-bond donors (Lipinski definition) is 3. The Labute approximate surface area is 246 Å². The van der Waals surface area contributed by atoms with E-state index in [4.69, 9.17) is 19.4 Å². The number of ether oxygens (including phenoxy) is 2. The highest BCUT2D eigenvalue weighted by Crippen LogP contribution is 2.38. The largest absolute Gasteiger partial charge is 0.461 e. The minimum atomic E-state index is -0.578. The summed E-state index contributed by atoms with van der Waals surface area (Å²) in [5.74, 6) is 0.0296. The van der Waals surface area contributed by atoms with Crippen molar-refractivity contribution >= 4 is 67.9 Å². The number of amides is 1. The van der Waals surface area contributed by atoms with Gasteiger partial charge >= 0.3 is 12.1 Å². The van der Waals surface area contributed by atoms with Gasteiger partial charge in [-0.05, 0) is 52.7 Å². The predicted molar refractivity (Wildman–Crippen MR) is 162 cm³/mol. The second-order valence-electron chi connectivity index (χ2n) is 11.3. The highest BCUT2D eigenvalue weighted by Gasteiger charge is 2.27. The summed E-state index contributed by atoms with van der Waals surface area (Å²) in [6.45, 7) is 8.67. The molecule has 0 aliphatic carbocycles. The Morgan fingerprint density at radius 2 is 1.93 bits per heavy atom. The summed E-state index contributed by atoms with van der Waals surface area (Å²) in [6, 6.07) is 2.91. The topological polar surface area (TPSA) is 138 Å². The van der Waals surface area contributed by atoms with Gasteiger partial charge in [0.2, 0.25) is 5.95 Å². The molecule has 1 aliphatic heterocycles. The number of halogens is 1. The number of nitrogens with zero attached hydrogens (tertiary/aromatic N) is 5. The number of fused-ring (bicyclic) bond motifs is 3. The first-order valence-corrected chi connectivity index (χ1v) is 14.6. The van der Waals surface area contributed by atoms with Crippen molar-refractivity contribution < 1.29 is 23.5 Å². The number of carbonyl (C=O) groups is 2. The number of hydrogen-bond acceptors (Lipinski definition) is 11. The van der Waals surface area contributed by atoms with Crippen LogP contribution < -0.4 is 20.4 Å². The van der Waals surface area contributed by atoms with Crippen molar-refractivity contribution in [3.05, 3.63) is 29.0 Å². The number of thiazole rings is 1. The number of nitrogens with one attached hydrogen (secondary N) is 3. The maximum absolute atomic E-state index is 14.8. The number of H-pyrrole nitrogens is 1. The molecule has 0 radical (unpaired) electrons. The van der Waals surface area contributed by atoms with Gasteiger partial charge < -0.3 is 29.6 Å². The van der Waals surface area contributed by atoms with E-state index in [0.717, 1.165) is 5.52 Å². The van der Waals surface area contributed by atoms with Crippen LogP contribution in [0.1, 0.15) is 51.0 Å². The third-order valence-electron chi connectivity index (χ3n) is 6.69. The van der Waals surface area contributed by atoms with Crippen LogP contribution in [0, 0.1) is 5.82 Å². The van der Waals surface area contributed by atoms with Crippen LogP contribution in [-0.2, 0) is 9.47 Å². The second-order valence-corrected chi connectivity index (χ2v) is 12.1. The fourth-order valence-electron chi connectivity index (χ4n) is 4.90. The number of benzene rings is 1. The Hall–Kier alpha value is -4.20. The molecule has 224 valence electrons. The summed E-state index contributed by atoms with van der Waals surface area (Å²) in [6.07, 6.45) is 0.899. The molecule has 4 aromatic rings. The molecule has 4 heterocycles. The Bertz CT molecular complexity index is 1620. The molecule has 1 aliphatic rings. The highest BCUT2D eigenvalue weighted by atomic mass is 32.1. The monoisotopic (exact) mass is 598 g/mol. The number of carbonyl (C=O) groups excluding carboxylic acids is 2. The molecule has 42 heavy (non-hydrogen) atoms. The van der Waals surface area contributed by atoms with E-state index < -0.39 is 17.7 Å². The average molecular weight is 599 g/mol. The lowest BCUT2D eigenvalue weighted by Gasteiger charge is -2.34. The summed E-state index contributed by atoms with van der Waals surface area (Å²) in [4.78, 5) is 45.6. The fraction of sp³-hybridized carbons (Fsp3) is 0.464. The van der Waals surface area contributed by atoms with Gasteiger partial charge in [-0.25, -0.2) is 19.0 Å². The molecule has 0 unspecified atom stereocenters. The van der Waals surface area contributed by atoms with Gasteiger partial charge in [-0.2, -0.15) is 9.97 Å². The smallest absolute Gasteiger partial charge is 0.407 e. The van der Waals surface area contributed by atoms with E-state index in [2.05, 4.69) is 25.5 Å². The van der Waals surface area contributed by atoms with E-state index in [1.54, 1.807) is 12.3 Å². The minimum Gasteiger partial charge on any atom is -0.461 e. The number of rotatable bonds is 7. The van der Waals surface area contributed by atoms with Crippen molar-refractivity contribution in [2.45, 2.75) is 52.2 Å². The second kappa shape index (κ2) is 11.6. The SMILES string of the molecule is CCOC(=O)c1csc(Nc2nc(N3CCC(NC(=O)OC(C)(C)C)CC3)c3c(n2)[nH]c2c(N(C)C)cc(F)cc23)n1. The summed E-state index contributed by atoms with van der Waals surface area (Å²) < 4.78 is 25.3. The summed E-state index contributed by atoms with van der Waals surface area (Å²) in [5, 5.41) is 9.48. The quantitative estimate of drug-likeness (QED) is 0.244.